The Hall–Kier alpha value is -3.41. The molecule has 0 spiro atoms. The van der Waals surface area contributed by atoms with Crippen LogP contribution in [0, 0.1) is 0 Å². The van der Waals surface area contributed by atoms with Gasteiger partial charge in [-0.05, 0) is 43.2 Å². The summed E-state index contributed by atoms with van der Waals surface area (Å²) in [5, 5.41) is 2.23. The number of hydrogen-bond donors (Lipinski definition) is 1. The van der Waals surface area contributed by atoms with Crippen molar-refractivity contribution in [3.63, 3.8) is 0 Å². The third-order valence-corrected chi connectivity index (χ3v) is 5.06. The molecular weight excluding hydrogens is 352 g/mol. The first-order chi connectivity index (χ1) is 13.5. The Kier molecular flexibility index (Phi) is 4.69. The Morgan fingerprint density at radius 3 is 2.61 bits per heavy atom. The molecule has 142 valence electrons. The molecule has 0 saturated carbocycles. The molecule has 6 heteroatoms. The summed E-state index contributed by atoms with van der Waals surface area (Å²) in [6, 6.07) is 12.5. The molecule has 6 nitrogen and oxygen atoms in total. The van der Waals surface area contributed by atoms with Gasteiger partial charge in [0.05, 0.1) is 6.33 Å². The van der Waals surface area contributed by atoms with Crippen molar-refractivity contribution in [2.24, 2.45) is 5.73 Å². The number of carbonyl (C=O) groups is 2. The number of imidazole rings is 1. The second-order valence-electron chi connectivity index (χ2n) is 7.09. The number of fused-ring (bicyclic) bond motifs is 3. The number of nitrogens with zero attached hydrogens (tertiary/aromatic N) is 3. The zero-order chi connectivity index (χ0) is 19.7. The summed E-state index contributed by atoms with van der Waals surface area (Å²) in [4.78, 5) is 26.9. The number of benzene rings is 2. The van der Waals surface area contributed by atoms with E-state index >= 15 is 0 Å². The average Bonchev–Trinajstić information content (AvgIpc) is 3.30. The summed E-state index contributed by atoms with van der Waals surface area (Å²) < 4.78 is 4.11. The fraction of sp³-hybridized carbons (Fsp3) is 0.227. The van der Waals surface area contributed by atoms with Gasteiger partial charge in [-0.2, -0.15) is 0 Å². The third kappa shape index (κ3) is 3.41. The first-order valence-electron chi connectivity index (χ1n) is 9.34. The maximum Gasteiger partial charge on any atom is 0.219 e. The number of hydrogen-bond acceptors (Lipinski definition) is 3. The van der Waals surface area contributed by atoms with E-state index in [1.807, 2.05) is 16.8 Å². The normalized spacial score (nSPS) is 11.3. The van der Waals surface area contributed by atoms with Gasteiger partial charge in [0.15, 0.2) is 0 Å². The molecule has 2 aromatic carbocycles. The Morgan fingerprint density at radius 2 is 1.89 bits per heavy atom. The van der Waals surface area contributed by atoms with Gasteiger partial charge in [-0.25, -0.2) is 4.98 Å². The molecule has 0 aliphatic rings. The van der Waals surface area contributed by atoms with Crippen LogP contribution in [0.15, 0.2) is 55.1 Å². The lowest BCUT2D eigenvalue weighted by atomic mass is 10.1. The third-order valence-electron chi connectivity index (χ3n) is 5.06. The maximum absolute atomic E-state index is 11.4. The predicted octanol–water partition coefficient (Wildman–Crippen LogP) is 3.38. The second kappa shape index (κ2) is 7.31. The number of ketones is 1. The van der Waals surface area contributed by atoms with E-state index in [0.717, 1.165) is 33.1 Å². The highest BCUT2D eigenvalue weighted by Gasteiger charge is 2.13. The van der Waals surface area contributed by atoms with Crippen LogP contribution in [0.2, 0.25) is 0 Å². The minimum atomic E-state index is -0.322. The molecule has 2 N–H and O–H groups in total. The minimum absolute atomic E-state index is 0.180. The molecule has 2 heterocycles. The Balaban J connectivity index is 1.87. The first kappa shape index (κ1) is 18.0. The second-order valence-corrected chi connectivity index (χ2v) is 7.09. The first-order valence-corrected chi connectivity index (χ1v) is 9.34. The molecule has 0 fully saturated rings. The van der Waals surface area contributed by atoms with Crippen molar-refractivity contribution < 1.29 is 9.59 Å². The molecule has 0 unspecified atom stereocenters. The summed E-state index contributed by atoms with van der Waals surface area (Å²) in [6.07, 6.45) is 6.95. The van der Waals surface area contributed by atoms with Gasteiger partial charge in [0.2, 0.25) is 5.91 Å². The lowest BCUT2D eigenvalue weighted by Crippen LogP contribution is -2.13. The molecule has 4 rings (SSSR count). The van der Waals surface area contributed by atoms with Crippen molar-refractivity contribution in [1.29, 1.82) is 0 Å². The number of Topliss-reactive ketones (excluding diaryl/α,β-unsaturated/α-hetero) is 1. The van der Waals surface area contributed by atoms with E-state index in [0.29, 0.717) is 19.4 Å². The fourth-order valence-electron chi connectivity index (χ4n) is 3.64. The molecule has 0 radical (unpaired) electrons. The van der Waals surface area contributed by atoms with E-state index in [2.05, 4.69) is 39.9 Å². The number of nitrogens with two attached hydrogens (primary N) is 1. The molecule has 0 bridgehead atoms. The number of rotatable bonds is 7. The van der Waals surface area contributed by atoms with E-state index < -0.39 is 0 Å². The summed E-state index contributed by atoms with van der Waals surface area (Å²) in [5.74, 6) is -0.142. The molecule has 28 heavy (non-hydrogen) atoms. The van der Waals surface area contributed by atoms with Crippen LogP contribution >= 0.6 is 0 Å². The van der Waals surface area contributed by atoms with Crippen molar-refractivity contribution >= 4 is 33.5 Å². The Labute approximate surface area is 162 Å². The molecule has 2 aromatic heterocycles. The van der Waals surface area contributed by atoms with Crippen LogP contribution in [0.5, 0.6) is 0 Å². The summed E-state index contributed by atoms with van der Waals surface area (Å²) in [5.41, 5.74) is 9.65. The van der Waals surface area contributed by atoms with Crippen LogP contribution in [0.25, 0.3) is 27.5 Å². The van der Waals surface area contributed by atoms with Crippen LogP contribution in [0.4, 0.5) is 0 Å². The van der Waals surface area contributed by atoms with E-state index in [-0.39, 0.29) is 18.1 Å². The van der Waals surface area contributed by atoms with Gasteiger partial charge in [-0.3, -0.25) is 4.79 Å². The monoisotopic (exact) mass is 374 g/mol. The number of aryl methyl sites for hydroxylation is 2. The van der Waals surface area contributed by atoms with Gasteiger partial charge in [0, 0.05) is 59.3 Å². The lowest BCUT2D eigenvalue weighted by Gasteiger charge is -2.08. The Bertz CT molecular complexity index is 1170. The number of amides is 1. The number of aromatic nitrogens is 3. The van der Waals surface area contributed by atoms with E-state index in [1.54, 1.807) is 19.4 Å². The summed E-state index contributed by atoms with van der Waals surface area (Å²) in [6.45, 7) is 2.13. The lowest BCUT2D eigenvalue weighted by molar-refractivity contribution is -0.118. The van der Waals surface area contributed by atoms with E-state index in [4.69, 9.17) is 5.73 Å². The maximum atomic E-state index is 11.4. The van der Waals surface area contributed by atoms with E-state index in [1.165, 1.54) is 0 Å². The molecular formula is C22H22N4O2. The molecule has 0 saturated heterocycles. The van der Waals surface area contributed by atoms with Crippen LogP contribution < -0.4 is 5.73 Å². The Morgan fingerprint density at radius 1 is 1.04 bits per heavy atom. The van der Waals surface area contributed by atoms with Gasteiger partial charge in [0.1, 0.15) is 5.78 Å². The SMILES string of the molecule is CC(=O)CCc1ccc2c3cc(-n4ccnc4)ccc3n(CCC(N)=O)c2c1. The van der Waals surface area contributed by atoms with Crippen LogP contribution in [0.1, 0.15) is 25.3 Å². The van der Waals surface area contributed by atoms with Gasteiger partial charge in [-0.1, -0.05) is 12.1 Å². The topological polar surface area (TPSA) is 82.9 Å². The smallest absolute Gasteiger partial charge is 0.219 e. The highest BCUT2D eigenvalue weighted by atomic mass is 16.1. The van der Waals surface area contributed by atoms with Crippen molar-refractivity contribution in [2.75, 3.05) is 0 Å². The standard InChI is InChI=1S/C22H22N4O2/c1-15(27)2-3-16-4-6-18-19-13-17(25-11-9-24-14-25)5-7-20(19)26(21(18)12-16)10-8-22(23)28/h4-7,9,11-14H,2-3,8,10H2,1H3,(H2,23,28). The van der Waals surface area contributed by atoms with Crippen molar-refractivity contribution in [1.82, 2.24) is 14.1 Å². The van der Waals surface area contributed by atoms with Crippen LogP contribution in [0.3, 0.4) is 0 Å². The summed E-state index contributed by atoms with van der Waals surface area (Å²) in [7, 11) is 0. The van der Waals surface area contributed by atoms with Crippen LogP contribution in [-0.4, -0.2) is 25.8 Å². The van der Waals surface area contributed by atoms with Gasteiger partial charge in [-0.15, -0.1) is 0 Å². The minimum Gasteiger partial charge on any atom is -0.370 e. The molecule has 1 amide bonds. The highest BCUT2D eigenvalue weighted by molar-refractivity contribution is 6.09. The predicted molar refractivity (Wildman–Crippen MR) is 109 cm³/mol. The quantitative estimate of drug-likeness (QED) is 0.538. The fourth-order valence-corrected chi connectivity index (χ4v) is 3.64. The summed E-state index contributed by atoms with van der Waals surface area (Å²) >= 11 is 0. The molecule has 0 aliphatic heterocycles. The van der Waals surface area contributed by atoms with Crippen molar-refractivity contribution in [3.8, 4) is 5.69 Å². The van der Waals surface area contributed by atoms with Crippen molar-refractivity contribution in [2.45, 2.75) is 32.7 Å². The van der Waals surface area contributed by atoms with Gasteiger partial charge >= 0.3 is 0 Å². The van der Waals surface area contributed by atoms with E-state index in [9.17, 15) is 9.59 Å². The van der Waals surface area contributed by atoms with Crippen molar-refractivity contribution in [3.05, 3.63) is 60.7 Å². The molecule has 0 aliphatic carbocycles. The molecule has 4 aromatic rings. The average molecular weight is 374 g/mol. The highest BCUT2D eigenvalue weighted by Crippen LogP contribution is 2.32. The zero-order valence-electron chi connectivity index (χ0n) is 15.8. The number of primary amides is 1. The molecule has 0 atom stereocenters. The van der Waals surface area contributed by atoms with Gasteiger partial charge < -0.3 is 19.7 Å². The largest absolute Gasteiger partial charge is 0.370 e. The zero-order valence-corrected chi connectivity index (χ0v) is 15.8. The van der Waals surface area contributed by atoms with Crippen LogP contribution in [-0.2, 0) is 22.6 Å². The van der Waals surface area contributed by atoms with Gasteiger partial charge in [0.25, 0.3) is 0 Å². The number of carbonyl (C=O) groups excluding carboxylic acids is 2.